The molecule has 7 heteroatoms. The Balaban J connectivity index is 1.64. The highest BCUT2D eigenvalue weighted by Gasteiger charge is 2.27. The minimum atomic E-state index is -3.70. The van der Waals surface area contributed by atoms with Gasteiger partial charge in [-0.2, -0.15) is 0 Å². The first-order valence-corrected chi connectivity index (χ1v) is 12.8. The van der Waals surface area contributed by atoms with Crippen LogP contribution in [0.15, 0.2) is 64.9 Å². The van der Waals surface area contributed by atoms with Crippen LogP contribution in [0.4, 0.5) is 5.69 Å². The molecule has 1 aliphatic heterocycles. The summed E-state index contributed by atoms with van der Waals surface area (Å²) >= 11 is 1.57. The topological polar surface area (TPSA) is 49.9 Å². The van der Waals surface area contributed by atoms with Gasteiger partial charge in [-0.05, 0) is 54.6 Å². The number of aryl methyl sites for hydroxylation is 2. The predicted molar refractivity (Wildman–Crippen MR) is 126 cm³/mol. The van der Waals surface area contributed by atoms with Crippen molar-refractivity contribution in [2.24, 2.45) is 0 Å². The maximum absolute atomic E-state index is 13.7. The van der Waals surface area contributed by atoms with Crippen molar-refractivity contribution < 1.29 is 13.2 Å². The summed E-state index contributed by atoms with van der Waals surface area (Å²) in [5.74, 6) is 0. The van der Waals surface area contributed by atoms with E-state index in [1.54, 1.807) is 17.4 Å². The van der Waals surface area contributed by atoms with Gasteiger partial charge < -0.3 is 4.74 Å². The highest BCUT2D eigenvalue weighted by molar-refractivity contribution is 7.92. The van der Waals surface area contributed by atoms with Crippen LogP contribution in [0.3, 0.4) is 0 Å². The van der Waals surface area contributed by atoms with Crippen LogP contribution < -0.4 is 4.31 Å². The van der Waals surface area contributed by atoms with Crippen molar-refractivity contribution in [3.05, 3.63) is 81.5 Å². The lowest BCUT2D eigenvalue weighted by molar-refractivity contribution is 0.0342. The fourth-order valence-corrected chi connectivity index (χ4v) is 6.28. The first kappa shape index (κ1) is 22.0. The second-order valence-electron chi connectivity index (χ2n) is 7.91. The lowest BCUT2D eigenvalue weighted by atomic mass is 10.2. The lowest BCUT2D eigenvalue weighted by Gasteiger charge is -2.27. The van der Waals surface area contributed by atoms with E-state index in [2.05, 4.69) is 4.90 Å². The van der Waals surface area contributed by atoms with E-state index in [1.165, 1.54) is 9.87 Å². The van der Waals surface area contributed by atoms with Crippen LogP contribution in [-0.2, 0) is 27.8 Å². The smallest absolute Gasteiger partial charge is 0.264 e. The number of sulfonamides is 1. The molecule has 1 saturated heterocycles. The van der Waals surface area contributed by atoms with E-state index in [4.69, 9.17) is 4.74 Å². The van der Waals surface area contributed by atoms with Crippen molar-refractivity contribution >= 4 is 27.0 Å². The van der Waals surface area contributed by atoms with Gasteiger partial charge in [0.25, 0.3) is 10.0 Å². The average Bonchev–Trinajstić information content (AvgIpc) is 3.26. The third-order valence-corrected chi connectivity index (χ3v) is 8.31. The minimum absolute atomic E-state index is 0.316. The molecule has 0 atom stereocenters. The Morgan fingerprint density at radius 1 is 1.03 bits per heavy atom. The number of anilines is 1. The molecule has 0 amide bonds. The Labute approximate surface area is 188 Å². The summed E-state index contributed by atoms with van der Waals surface area (Å²) in [6.07, 6.45) is 0. The molecular weight excluding hydrogens is 428 g/mol. The fourth-order valence-electron chi connectivity index (χ4n) is 3.85. The number of nitrogens with zero attached hydrogens (tertiary/aromatic N) is 2. The standard InChI is InChI=1S/C24H28N2O3S2/c1-19-5-10-24(20(2)16-19)31(27,28)26(18-23-4-3-15-30-23)22-8-6-21(7-9-22)17-25-11-13-29-14-12-25/h3-10,15-16H,11-14,17-18H2,1-2H3. The van der Waals surface area contributed by atoms with Gasteiger partial charge in [-0.15, -0.1) is 11.3 Å². The van der Waals surface area contributed by atoms with Gasteiger partial charge in [-0.25, -0.2) is 8.42 Å². The Hall–Kier alpha value is -2.19. The molecule has 0 spiro atoms. The van der Waals surface area contributed by atoms with E-state index in [0.717, 1.165) is 48.9 Å². The summed E-state index contributed by atoms with van der Waals surface area (Å²) in [6, 6.07) is 17.3. The molecule has 0 bridgehead atoms. The third kappa shape index (κ3) is 5.18. The number of benzene rings is 2. The molecule has 1 aliphatic rings. The molecule has 0 saturated carbocycles. The molecule has 1 aromatic heterocycles. The molecule has 2 heterocycles. The fraction of sp³-hybridized carbons (Fsp3) is 0.333. The molecule has 5 nitrogen and oxygen atoms in total. The third-order valence-electron chi connectivity index (χ3n) is 5.51. The van der Waals surface area contributed by atoms with Crippen LogP contribution in [0.2, 0.25) is 0 Å². The largest absolute Gasteiger partial charge is 0.379 e. The quantitative estimate of drug-likeness (QED) is 0.522. The van der Waals surface area contributed by atoms with E-state index < -0.39 is 10.0 Å². The van der Waals surface area contributed by atoms with Crippen LogP contribution in [-0.4, -0.2) is 39.6 Å². The van der Waals surface area contributed by atoms with Gasteiger partial charge in [0.2, 0.25) is 0 Å². The minimum Gasteiger partial charge on any atom is -0.379 e. The van der Waals surface area contributed by atoms with E-state index in [0.29, 0.717) is 17.1 Å². The van der Waals surface area contributed by atoms with Gasteiger partial charge in [-0.3, -0.25) is 9.21 Å². The van der Waals surface area contributed by atoms with Crippen molar-refractivity contribution in [1.29, 1.82) is 0 Å². The van der Waals surface area contributed by atoms with Gasteiger partial charge in [-0.1, -0.05) is 35.9 Å². The second-order valence-corrected chi connectivity index (χ2v) is 10.8. The van der Waals surface area contributed by atoms with Gasteiger partial charge in [0.05, 0.1) is 30.3 Å². The van der Waals surface area contributed by atoms with Gasteiger partial charge in [0.15, 0.2) is 0 Å². The molecule has 1 fully saturated rings. The average molecular weight is 457 g/mol. The number of rotatable bonds is 7. The normalized spacial score (nSPS) is 15.2. The van der Waals surface area contributed by atoms with Gasteiger partial charge >= 0.3 is 0 Å². The zero-order chi connectivity index (χ0) is 21.8. The summed E-state index contributed by atoms with van der Waals surface area (Å²) in [4.78, 5) is 3.71. The zero-order valence-electron chi connectivity index (χ0n) is 18.0. The Kier molecular flexibility index (Phi) is 6.77. The zero-order valence-corrected chi connectivity index (χ0v) is 19.6. The number of ether oxygens (including phenoxy) is 1. The van der Waals surface area contributed by atoms with E-state index >= 15 is 0 Å². The van der Waals surface area contributed by atoms with E-state index in [9.17, 15) is 8.42 Å². The molecule has 164 valence electrons. The summed E-state index contributed by atoms with van der Waals surface area (Å²) < 4.78 is 34.3. The first-order valence-electron chi connectivity index (χ1n) is 10.4. The summed E-state index contributed by atoms with van der Waals surface area (Å²) in [7, 11) is -3.70. The number of hydrogen-bond acceptors (Lipinski definition) is 5. The van der Waals surface area contributed by atoms with Crippen LogP contribution in [0.5, 0.6) is 0 Å². The van der Waals surface area contributed by atoms with Crippen LogP contribution in [0, 0.1) is 13.8 Å². The summed E-state index contributed by atoms with van der Waals surface area (Å²) in [6.45, 7) is 8.37. The number of thiophene rings is 1. The maximum atomic E-state index is 13.7. The summed E-state index contributed by atoms with van der Waals surface area (Å²) in [5, 5.41) is 1.97. The highest BCUT2D eigenvalue weighted by atomic mass is 32.2. The Morgan fingerprint density at radius 2 is 1.77 bits per heavy atom. The van der Waals surface area contributed by atoms with Crippen LogP contribution in [0.25, 0.3) is 0 Å². The number of morpholine rings is 1. The summed E-state index contributed by atoms with van der Waals surface area (Å²) in [5.41, 5.74) is 3.67. The molecule has 0 N–H and O–H groups in total. The molecule has 0 aliphatic carbocycles. The lowest BCUT2D eigenvalue weighted by Crippen LogP contribution is -2.35. The van der Waals surface area contributed by atoms with Gasteiger partial charge in [0, 0.05) is 24.5 Å². The Morgan fingerprint density at radius 3 is 2.42 bits per heavy atom. The monoisotopic (exact) mass is 456 g/mol. The SMILES string of the molecule is Cc1ccc(S(=O)(=O)N(Cc2cccs2)c2ccc(CN3CCOCC3)cc2)c(C)c1. The maximum Gasteiger partial charge on any atom is 0.264 e. The van der Waals surface area contributed by atoms with Crippen LogP contribution >= 0.6 is 11.3 Å². The van der Waals surface area contributed by atoms with E-state index in [1.807, 2.05) is 67.8 Å². The molecule has 31 heavy (non-hydrogen) atoms. The van der Waals surface area contributed by atoms with Crippen molar-refractivity contribution in [3.63, 3.8) is 0 Å². The highest BCUT2D eigenvalue weighted by Crippen LogP contribution is 2.29. The Bertz CT molecular complexity index is 1100. The molecule has 0 unspecified atom stereocenters. The first-order chi connectivity index (χ1) is 14.9. The molecular formula is C24H28N2O3S2. The predicted octanol–water partition coefficient (Wildman–Crippen LogP) is 4.59. The van der Waals surface area contributed by atoms with Crippen molar-refractivity contribution in [1.82, 2.24) is 4.90 Å². The van der Waals surface area contributed by atoms with Crippen molar-refractivity contribution in [2.45, 2.75) is 31.8 Å². The van der Waals surface area contributed by atoms with Gasteiger partial charge in [0.1, 0.15) is 0 Å². The molecule has 2 aromatic carbocycles. The number of hydrogen-bond donors (Lipinski definition) is 0. The molecule has 3 aromatic rings. The molecule has 0 radical (unpaired) electrons. The van der Waals surface area contributed by atoms with E-state index in [-0.39, 0.29) is 0 Å². The van der Waals surface area contributed by atoms with Crippen molar-refractivity contribution in [3.8, 4) is 0 Å². The van der Waals surface area contributed by atoms with Crippen molar-refractivity contribution in [2.75, 3.05) is 30.6 Å². The molecule has 4 rings (SSSR count). The second kappa shape index (κ2) is 9.53. The van der Waals surface area contributed by atoms with Crippen LogP contribution in [0.1, 0.15) is 21.6 Å².